The van der Waals surface area contributed by atoms with Crippen LogP contribution in [0.25, 0.3) is 0 Å². The molecule has 0 spiro atoms. The number of ether oxygens (including phenoxy) is 4. The molecular weight excluding hydrogens is 284 g/mol. The van der Waals surface area contributed by atoms with Crippen LogP contribution in [0.15, 0.2) is 36.4 Å². The second kappa shape index (κ2) is 4.94. The zero-order chi connectivity index (χ0) is 15.1. The Morgan fingerprint density at radius 2 is 1.91 bits per heavy atom. The minimum atomic E-state index is -0.247. The molecule has 22 heavy (non-hydrogen) atoms. The van der Waals surface area contributed by atoms with E-state index in [0.717, 1.165) is 16.9 Å². The number of esters is 1. The van der Waals surface area contributed by atoms with Crippen LogP contribution < -0.4 is 18.9 Å². The van der Waals surface area contributed by atoms with Gasteiger partial charge in [0, 0.05) is 17.5 Å². The molecule has 0 saturated heterocycles. The van der Waals surface area contributed by atoms with E-state index >= 15 is 0 Å². The van der Waals surface area contributed by atoms with E-state index in [1.165, 1.54) is 0 Å². The van der Waals surface area contributed by atoms with E-state index in [0.29, 0.717) is 23.7 Å². The first kappa shape index (κ1) is 13.0. The van der Waals surface area contributed by atoms with Crippen molar-refractivity contribution in [1.29, 1.82) is 0 Å². The highest BCUT2D eigenvalue weighted by Gasteiger charge is 2.30. The number of hydrogen-bond acceptors (Lipinski definition) is 5. The number of rotatable bonds is 2. The van der Waals surface area contributed by atoms with Crippen molar-refractivity contribution in [2.24, 2.45) is 0 Å². The number of fused-ring (bicyclic) bond motifs is 2. The largest absolute Gasteiger partial charge is 0.497 e. The Kier molecular flexibility index (Phi) is 2.92. The Balaban J connectivity index is 1.78. The van der Waals surface area contributed by atoms with E-state index in [-0.39, 0.29) is 18.7 Å². The predicted octanol–water partition coefficient (Wildman–Crippen LogP) is 2.86. The number of carbonyl (C=O) groups excluding carboxylic acids is 1. The second-order valence-corrected chi connectivity index (χ2v) is 5.25. The fourth-order valence-corrected chi connectivity index (χ4v) is 2.89. The third-order valence-electron chi connectivity index (χ3n) is 3.99. The summed E-state index contributed by atoms with van der Waals surface area (Å²) in [6.45, 7) is 0.235. The van der Waals surface area contributed by atoms with Crippen LogP contribution in [0.4, 0.5) is 0 Å². The zero-order valence-electron chi connectivity index (χ0n) is 12.0. The van der Waals surface area contributed by atoms with Gasteiger partial charge in [0.05, 0.1) is 13.5 Å². The summed E-state index contributed by atoms with van der Waals surface area (Å²) in [4.78, 5) is 11.9. The van der Waals surface area contributed by atoms with Crippen LogP contribution in [-0.4, -0.2) is 19.9 Å². The topological polar surface area (TPSA) is 54.0 Å². The second-order valence-electron chi connectivity index (χ2n) is 5.25. The normalized spacial score (nSPS) is 18.6. The Morgan fingerprint density at radius 1 is 1.05 bits per heavy atom. The molecule has 5 heteroatoms. The molecule has 112 valence electrons. The summed E-state index contributed by atoms with van der Waals surface area (Å²) < 4.78 is 21.3. The third kappa shape index (κ3) is 2.06. The van der Waals surface area contributed by atoms with Crippen LogP contribution in [0.5, 0.6) is 23.0 Å². The molecule has 0 saturated carbocycles. The van der Waals surface area contributed by atoms with Crippen LogP contribution in [0.1, 0.15) is 23.5 Å². The maximum atomic E-state index is 11.9. The molecule has 4 rings (SSSR count). The monoisotopic (exact) mass is 298 g/mol. The summed E-state index contributed by atoms with van der Waals surface area (Å²) in [7, 11) is 1.59. The summed E-state index contributed by atoms with van der Waals surface area (Å²) >= 11 is 0. The van der Waals surface area contributed by atoms with Crippen molar-refractivity contribution in [2.75, 3.05) is 13.9 Å². The van der Waals surface area contributed by atoms with Gasteiger partial charge in [-0.1, -0.05) is 12.1 Å². The SMILES string of the molecule is COc1ccc2c(c1)OC(=O)C[C@H]2c1ccc2c(c1)OCO2. The van der Waals surface area contributed by atoms with Crippen molar-refractivity contribution in [3.05, 3.63) is 47.5 Å². The number of methoxy groups -OCH3 is 1. The van der Waals surface area contributed by atoms with Gasteiger partial charge < -0.3 is 18.9 Å². The molecule has 2 aromatic carbocycles. The quantitative estimate of drug-likeness (QED) is 0.630. The fourth-order valence-electron chi connectivity index (χ4n) is 2.89. The molecule has 0 radical (unpaired) electrons. The van der Waals surface area contributed by atoms with Crippen molar-refractivity contribution in [3.8, 4) is 23.0 Å². The van der Waals surface area contributed by atoms with Crippen molar-refractivity contribution in [2.45, 2.75) is 12.3 Å². The van der Waals surface area contributed by atoms with Gasteiger partial charge in [0.15, 0.2) is 11.5 Å². The van der Waals surface area contributed by atoms with Gasteiger partial charge in [-0.05, 0) is 23.8 Å². The lowest BCUT2D eigenvalue weighted by atomic mass is 9.86. The molecule has 0 fully saturated rings. The number of benzene rings is 2. The molecule has 0 bridgehead atoms. The molecule has 5 nitrogen and oxygen atoms in total. The van der Waals surface area contributed by atoms with E-state index in [4.69, 9.17) is 18.9 Å². The first-order valence-corrected chi connectivity index (χ1v) is 7.03. The molecule has 0 unspecified atom stereocenters. The van der Waals surface area contributed by atoms with Gasteiger partial charge >= 0.3 is 5.97 Å². The molecule has 0 aromatic heterocycles. The van der Waals surface area contributed by atoms with Crippen molar-refractivity contribution in [1.82, 2.24) is 0 Å². The van der Waals surface area contributed by atoms with Gasteiger partial charge in [-0.3, -0.25) is 4.79 Å². The lowest BCUT2D eigenvalue weighted by molar-refractivity contribution is -0.135. The first-order chi connectivity index (χ1) is 10.7. The van der Waals surface area contributed by atoms with Crippen LogP contribution in [-0.2, 0) is 4.79 Å². The molecule has 2 heterocycles. The zero-order valence-corrected chi connectivity index (χ0v) is 12.0. The third-order valence-corrected chi connectivity index (χ3v) is 3.99. The van der Waals surface area contributed by atoms with Gasteiger partial charge in [-0.25, -0.2) is 0 Å². The van der Waals surface area contributed by atoms with E-state index in [1.807, 2.05) is 30.3 Å². The van der Waals surface area contributed by atoms with E-state index in [2.05, 4.69) is 0 Å². The van der Waals surface area contributed by atoms with Crippen LogP contribution in [0.3, 0.4) is 0 Å². The minimum Gasteiger partial charge on any atom is -0.497 e. The summed E-state index contributed by atoms with van der Waals surface area (Å²) in [5.41, 5.74) is 1.98. The average Bonchev–Trinajstić information content (AvgIpc) is 3.00. The molecule has 0 aliphatic carbocycles. The van der Waals surface area contributed by atoms with Gasteiger partial charge in [0.25, 0.3) is 0 Å². The minimum absolute atomic E-state index is 0.0587. The average molecular weight is 298 g/mol. The smallest absolute Gasteiger partial charge is 0.312 e. The van der Waals surface area contributed by atoms with Gasteiger partial charge in [0.1, 0.15) is 11.5 Å². The van der Waals surface area contributed by atoms with Gasteiger partial charge in [-0.2, -0.15) is 0 Å². The van der Waals surface area contributed by atoms with Crippen LogP contribution in [0, 0.1) is 0 Å². The van der Waals surface area contributed by atoms with Crippen molar-refractivity contribution < 1.29 is 23.7 Å². The number of carbonyl (C=O) groups is 1. The molecule has 0 N–H and O–H groups in total. The molecule has 2 aliphatic rings. The summed E-state index contributed by atoms with van der Waals surface area (Å²) in [6.07, 6.45) is 0.305. The van der Waals surface area contributed by atoms with Crippen molar-refractivity contribution in [3.63, 3.8) is 0 Å². The molecule has 1 atom stereocenters. The highest BCUT2D eigenvalue weighted by molar-refractivity contribution is 5.78. The molecule has 2 aliphatic heterocycles. The predicted molar refractivity (Wildman–Crippen MR) is 77.7 cm³/mol. The van der Waals surface area contributed by atoms with Crippen molar-refractivity contribution >= 4 is 5.97 Å². The maximum absolute atomic E-state index is 11.9. The Labute approximate surface area is 127 Å². The highest BCUT2D eigenvalue weighted by Crippen LogP contribution is 2.43. The number of hydrogen-bond donors (Lipinski definition) is 0. The van der Waals surface area contributed by atoms with E-state index in [1.54, 1.807) is 13.2 Å². The maximum Gasteiger partial charge on any atom is 0.312 e. The molecule has 2 aromatic rings. The first-order valence-electron chi connectivity index (χ1n) is 7.03. The lowest BCUT2D eigenvalue weighted by Gasteiger charge is -2.25. The molecule has 0 amide bonds. The Bertz CT molecular complexity index is 753. The summed E-state index contributed by atoms with van der Waals surface area (Å²) in [6, 6.07) is 11.3. The fraction of sp³-hybridized carbons (Fsp3) is 0.235. The van der Waals surface area contributed by atoms with Crippen LogP contribution in [0.2, 0.25) is 0 Å². The van der Waals surface area contributed by atoms with Gasteiger partial charge in [-0.15, -0.1) is 0 Å². The standard InChI is InChI=1S/C17H14O5/c1-19-11-3-4-12-13(8-17(18)22-15(12)7-11)10-2-5-14-16(6-10)21-9-20-14/h2-7,13H,8-9H2,1H3/t13-/m0/s1. The van der Waals surface area contributed by atoms with Crippen LogP contribution >= 0.6 is 0 Å². The highest BCUT2D eigenvalue weighted by atomic mass is 16.7. The van der Waals surface area contributed by atoms with E-state index < -0.39 is 0 Å². The van der Waals surface area contributed by atoms with E-state index in [9.17, 15) is 4.79 Å². The molecular formula is C17H14O5. The Morgan fingerprint density at radius 3 is 2.77 bits per heavy atom. The Hall–Kier alpha value is -2.69. The van der Waals surface area contributed by atoms with Gasteiger partial charge in [0.2, 0.25) is 6.79 Å². The summed E-state index contributed by atoms with van der Waals surface area (Å²) in [5.74, 6) is 2.36. The summed E-state index contributed by atoms with van der Waals surface area (Å²) in [5, 5.41) is 0. The lowest BCUT2D eigenvalue weighted by Crippen LogP contribution is -2.21.